The third-order valence-corrected chi connectivity index (χ3v) is 1.82. The van der Waals surface area contributed by atoms with Crippen molar-refractivity contribution in [2.24, 2.45) is 0 Å². The van der Waals surface area contributed by atoms with Gasteiger partial charge in [0.2, 0.25) is 5.06 Å². The van der Waals surface area contributed by atoms with Crippen molar-refractivity contribution in [2.45, 2.75) is 6.42 Å². The lowest BCUT2D eigenvalue weighted by atomic mass is 10.2. The van der Waals surface area contributed by atoms with Crippen LogP contribution in [0.25, 0.3) is 0 Å². The molecule has 2 heteroatoms. The van der Waals surface area contributed by atoms with Crippen LogP contribution in [0.2, 0.25) is 0 Å². The first-order valence-electron chi connectivity index (χ1n) is 2.69. The third kappa shape index (κ3) is 1.33. The number of hydrogen-bond donors (Lipinski definition) is 0. The molecule has 0 aliphatic heterocycles. The molecule has 0 saturated heterocycles. The standard InChI is InChI=1S/C7H7OS/c1-2-3-6-4-5-9-7(6)8/h2,4-5H,1,3H2. The fourth-order valence-electron chi connectivity index (χ4n) is 0.629. The second-order valence-corrected chi connectivity index (χ2v) is 2.60. The summed E-state index contributed by atoms with van der Waals surface area (Å²) in [6.45, 7) is 3.54. The minimum atomic E-state index is 0.162. The van der Waals surface area contributed by atoms with E-state index in [-0.39, 0.29) is 5.06 Å². The van der Waals surface area contributed by atoms with Crippen LogP contribution in [-0.4, -0.2) is 0 Å². The monoisotopic (exact) mass is 139 g/mol. The van der Waals surface area contributed by atoms with Gasteiger partial charge >= 0.3 is 0 Å². The van der Waals surface area contributed by atoms with Crippen LogP contribution in [0.15, 0.2) is 24.1 Å². The maximum atomic E-state index is 10.8. The Labute approximate surface area is 58.3 Å². The maximum absolute atomic E-state index is 10.8. The van der Waals surface area contributed by atoms with Gasteiger partial charge in [-0.05, 0) is 17.9 Å². The summed E-state index contributed by atoms with van der Waals surface area (Å²) in [5.74, 6) is 0. The van der Waals surface area contributed by atoms with E-state index in [0.717, 1.165) is 5.56 Å². The molecule has 0 spiro atoms. The predicted octanol–water partition coefficient (Wildman–Crippen LogP) is 2.62. The molecule has 0 atom stereocenters. The van der Waals surface area contributed by atoms with Crippen LogP contribution >= 0.6 is 11.3 Å². The molecule has 1 rings (SSSR count). The Morgan fingerprint density at radius 2 is 2.56 bits per heavy atom. The van der Waals surface area contributed by atoms with Crippen molar-refractivity contribution in [3.05, 3.63) is 29.7 Å². The van der Waals surface area contributed by atoms with Crippen LogP contribution in [0.1, 0.15) is 5.56 Å². The molecule has 47 valence electrons. The number of hydrogen-bond acceptors (Lipinski definition) is 1. The fourth-order valence-corrected chi connectivity index (χ4v) is 1.29. The minimum absolute atomic E-state index is 0.162. The van der Waals surface area contributed by atoms with E-state index in [9.17, 15) is 5.11 Å². The zero-order valence-corrected chi connectivity index (χ0v) is 5.78. The van der Waals surface area contributed by atoms with E-state index in [4.69, 9.17) is 0 Å². The van der Waals surface area contributed by atoms with E-state index in [1.165, 1.54) is 11.3 Å². The molecule has 0 saturated carbocycles. The Kier molecular flexibility index (Phi) is 1.90. The van der Waals surface area contributed by atoms with E-state index in [1.54, 1.807) is 11.5 Å². The van der Waals surface area contributed by atoms with Gasteiger partial charge in [0, 0.05) is 5.56 Å². The molecule has 1 heterocycles. The molecule has 0 unspecified atom stereocenters. The van der Waals surface area contributed by atoms with Crippen molar-refractivity contribution >= 4 is 11.3 Å². The summed E-state index contributed by atoms with van der Waals surface area (Å²) >= 11 is 1.24. The smallest absolute Gasteiger partial charge is 0.235 e. The largest absolute Gasteiger partial charge is 0.278 e. The Balaban J connectivity index is 2.80. The summed E-state index contributed by atoms with van der Waals surface area (Å²) < 4.78 is 0. The van der Waals surface area contributed by atoms with Crippen LogP contribution in [0.4, 0.5) is 0 Å². The van der Waals surface area contributed by atoms with Gasteiger partial charge in [-0.3, -0.25) is 5.11 Å². The summed E-state index contributed by atoms with van der Waals surface area (Å²) in [5, 5.41) is 12.7. The van der Waals surface area contributed by atoms with Gasteiger partial charge in [0.25, 0.3) is 0 Å². The lowest BCUT2D eigenvalue weighted by Crippen LogP contribution is -1.71. The molecule has 0 amide bonds. The van der Waals surface area contributed by atoms with Crippen molar-refractivity contribution < 1.29 is 5.11 Å². The molecule has 0 bridgehead atoms. The quantitative estimate of drug-likeness (QED) is 0.561. The summed E-state index contributed by atoms with van der Waals surface area (Å²) in [7, 11) is 0. The molecule has 0 fully saturated rings. The second kappa shape index (κ2) is 2.69. The fraction of sp³-hybridized carbons (Fsp3) is 0.143. The third-order valence-electron chi connectivity index (χ3n) is 1.07. The molecule has 1 nitrogen and oxygen atoms in total. The van der Waals surface area contributed by atoms with Gasteiger partial charge in [-0.2, -0.15) is 0 Å². The maximum Gasteiger partial charge on any atom is 0.235 e. The molecular weight excluding hydrogens is 132 g/mol. The van der Waals surface area contributed by atoms with Gasteiger partial charge in [0.05, 0.1) is 0 Å². The number of rotatable bonds is 2. The van der Waals surface area contributed by atoms with E-state index in [1.807, 2.05) is 6.07 Å². The Morgan fingerprint density at radius 3 is 3.00 bits per heavy atom. The molecule has 0 N–H and O–H groups in total. The van der Waals surface area contributed by atoms with E-state index in [2.05, 4.69) is 6.58 Å². The van der Waals surface area contributed by atoms with Crippen molar-refractivity contribution in [2.75, 3.05) is 0 Å². The van der Waals surface area contributed by atoms with Gasteiger partial charge in [0.15, 0.2) is 0 Å². The molecular formula is C7H7OS. The van der Waals surface area contributed by atoms with Crippen molar-refractivity contribution in [3.63, 3.8) is 0 Å². The second-order valence-electron chi connectivity index (χ2n) is 1.73. The Bertz CT molecular complexity index is 202. The zero-order chi connectivity index (χ0) is 6.69. The summed E-state index contributed by atoms with van der Waals surface area (Å²) in [6.07, 6.45) is 2.44. The molecule has 0 aliphatic rings. The molecule has 0 aromatic carbocycles. The minimum Gasteiger partial charge on any atom is -0.278 e. The highest BCUT2D eigenvalue weighted by Crippen LogP contribution is 2.24. The summed E-state index contributed by atoms with van der Waals surface area (Å²) in [4.78, 5) is 0. The average molecular weight is 139 g/mol. The molecule has 9 heavy (non-hydrogen) atoms. The highest BCUT2D eigenvalue weighted by molar-refractivity contribution is 7.11. The van der Waals surface area contributed by atoms with E-state index in [0.29, 0.717) is 6.42 Å². The topological polar surface area (TPSA) is 19.9 Å². The Hall–Kier alpha value is -0.760. The van der Waals surface area contributed by atoms with E-state index >= 15 is 0 Å². The Morgan fingerprint density at radius 1 is 1.78 bits per heavy atom. The number of allylic oxidation sites excluding steroid dienone is 1. The first-order valence-corrected chi connectivity index (χ1v) is 3.57. The molecule has 1 aromatic heterocycles. The zero-order valence-electron chi connectivity index (χ0n) is 4.96. The van der Waals surface area contributed by atoms with Crippen molar-refractivity contribution in [1.29, 1.82) is 0 Å². The average Bonchev–Trinajstić information content (AvgIpc) is 2.18. The van der Waals surface area contributed by atoms with Crippen molar-refractivity contribution in [3.8, 4) is 5.06 Å². The lowest BCUT2D eigenvalue weighted by molar-refractivity contribution is 0.364. The van der Waals surface area contributed by atoms with Gasteiger partial charge in [0.1, 0.15) is 0 Å². The van der Waals surface area contributed by atoms with Crippen LogP contribution < -0.4 is 0 Å². The lowest BCUT2D eigenvalue weighted by Gasteiger charge is -1.85. The van der Waals surface area contributed by atoms with E-state index < -0.39 is 0 Å². The van der Waals surface area contributed by atoms with Crippen LogP contribution in [0.3, 0.4) is 0 Å². The summed E-state index contributed by atoms with van der Waals surface area (Å²) in [6, 6.07) is 1.84. The van der Waals surface area contributed by atoms with Crippen molar-refractivity contribution in [1.82, 2.24) is 0 Å². The molecule has 0 aliphatic carbocycles. The molecule has 1 radical (unpaired) electrons. The SMILES string of the molecule is C=CCc1ccsc1[O]. The van der Waals surface area contributed by atoms with Crippen LogP contribution in [0, 0.1) is 0 Å². The van der Waals surface area contributed by atoms with Gasteiger partial charge < -0.3 is 0 Å². The highest BCUT2D eigenvalue weighted by atomic mass is 32.1. The summed E-state index contributed by atoms with van der Waals surface area (Å²) in [5.41, 5.74) is 0.856. The van der Waals surface area contributed by atoms with Crippen LogP contribution in [0.5, 0.6) is 5.06 Å². The number of thiophene rings is 1. The normalized spacial score (nSPS) is 9.33. The van der Waals surface area contributed by atoms with Gasteiger partial charge in [-0.25, -0.2) is 0 Å². The highest BCUT2D eigenvalue weighted by Gasteiger charge is 1.99. The van der Waals surface area contributed by atoms with Gasteiger partial charge in [-0.1, -0.05) is 6.08 Å². The van der Waals surface area contributed by atoms with Crippen LogP contribution in [-0.2, 0) is 11.5 Å². The van der Waals surface area contributed by atoms with Gasteiger partial charge in [-0.15, -0.1) is 17.9 Å². The predicted molar refractivity (Wildman–Crippen MR) is 38.4 cm³/mol. The first-order chi connectivity index (χ1) is 4.34. The molecule has 1 aromatic rings. The first kappa shape index (κ1) is 6.36.